The van der Waals surface area contributed by atoms with E-state index in [0.29, 0.717) is 17.0 Å². The Morgan fingerprint density at radius 3 is 2.58 bits per heavy atom. The number of fused-ring (bicyclic) bond motifs is 1. The van der Waals surface area contributed by atoms with Gasteiger partial charge >= 0.3 is 6.18 Å². The molecule has 0 spiro atoms. The number of methoxy groups -OCH3 is 1. The summed E-state index contributed by atoms with van der Waals surface area (Å²) in [5.74, 6) is 0.170. The minimum absolute atomic E-state index is 0.0622. The minimum Gasteiger partial charge on any atom is -0.497 e. The largest absolute Gasteiger partial charge is 0.497 e. The molecule has 2 aromatic carbocycles. The second kappa shape index (κ2) is 9.32. The molecule has 0 unspecified atom stereocenters. The summed E-state index contributed by atoms with van der Waals surface area (Å²) in [6.45, 7) is 0. The molecule has 0 bridgehead atoms. The number of hydrogen-bond acceptors (Lipinski definition) is 5. The van der Waals surface area contributed by atoms with E-state index in [9.17, 15) is 18.0 Å². The van der Waals surface area contributed by atoms with E-state index >= 15 is 0 Å². The summed E-state index contributed by atoms with van der Waals surface area (Å²) in [7, 11) is 1.51. The van der Waals surface area contributed by atoms with Crippen molar-refractivity contribution in [2.75, 3.05) is 12.4 Å². The Kier molecular flexibility index (Phi) is 6.48. The van der Waals surface area contributed by atoms with Gasteiger partial charge in [0.2, 0.25) is 5.91 Å². The molecule has 33 heavy (non-hydrogen) atoms. The van der Waals surface area contributed by atoms with E-state index in [-0.39, 0.29) is 15.8 Å². The Morgan fingerprint density at radius 2 is 1.88 bits per heavy atom. The summed E-state index contributed by atoms with van der Waals surface area (Å²) in [5, 5.41) is 9.77. The number of carbonyl (C=O) groups is 1. The van der Waals surface area contributed by atoms with Gasteiger partial charge in [-0.15, -0.1) is 10.2 Å². The van der Waals surface area contributed by atoms with Crippen molar-refractivity contribution < 1.29 is 22.7 Å². The van der Waals surface area contributed by atoms with Crippen molar-refractivity contribution in [1.29, 1.82) is 0 Å². The van der Waals surface area contributed by atoms with E-state index in [4.69, 9.17) is 16.3 Å². The fraction of sp³-hybridized carbons (Fsp3) is 0.136. The number of anilines is 1. The number of amides is 1. The van der Waals surface area contributed by atoms with Crippen LogP contribution in [0.1, 0.15) is 16.4 Å². The number of pyridine rings is 1. The topological polar surface area (TPSA) is 68.5 Å². The molecule has 0 aliphatic heterocycles. The molecule has 4 aromatic rings. The number of alkyl halides is 3. The van der Waals surface area contributed by atoms with Crippen LogP contribution >= 0.6 is 23.4 Å². The second-order valence-electron chi connectivity index (χ2n) is 6.88. The zero-order chi connectivity index (χ0) is 23.6. The lowest BCUT2D eigenvalue weighted by Gasteiger charge is -2.17. The summed E-state index contributed by atoms with van der Waals surface area (Å²) in [4.78, 5) is 13.2. The molecule has 1 atom stereocenters. The van der Waals surface area contributed by atoms with Gasteiger partial charge in [-0.25, -0.2) is 0 Å². The summed E-state index contributed by atoms with van der Waals surface area (Å²) in [5.41, 5.74) is 0.262. The Bertz CT molecular complexity index is 1300. The molecule has 0 aliphatic rings. The van der Waals surface area contributed by atoms with Crippen molar-refractivity contribution in [3.05, 3.63) is 83.0 Å². The molecule has 4 rings (SSSR count). The van der Waals surface area contributed by atoms with Crippen LogP contribution in [0.15, 0.2) is 72.0 Å². The van der Waals surface area contributed by atoms with Crippen LogP contribution in [-0.2, 0) is 11.0 Å². The van der Waals surface area contributed by atoms with Crippen LogP contribution in [0, 0.1) is 0 Å². The van der Waals surface area contributed by atoms with Gasteiger partial charge in [-0.1, -0.05) is 59.8 Å². The van der Waals surface area contributed by atoms with Gasteiger partial charge in [0.1, 0.15) is 11.0 Å². The molecule has 0 saturated heterocycles. The summed E-state index contributed by atoms with van der Waals surface area (Å²) in [6.07, 6.45) is -3.74. The second-order valence-corrected chi connectivity index (χ2v) is 8.36. The predicted molar refractivity (Wildman–Crippen MR) is 120 cm³/mol. The third-order valence-electron chi connectivity index (χ3n) is 4.66. The fourth-order valence-electron chi connectivity index (χ4n) is 3.08. The average molecular weight is 493 g/mol. The Hall–Kier alpha value is -3.24. The number of halogens is 4. The first kappa shape index (κ1) is 22.9. The Balaban J connectivity index is 1.71. The predicted octanol–water partition coefficient (Wildman–Crippen LogP) is 5.88. The first-order valence-electron chi connectivity index (χ1n) is 9.54. The highest BCUT2D eigenvalue weighted by molar-refractivity contribution is 8.00. The molecule has 0 saturated carbocycles. The number of nitrogens with zero attached hydrogens (tertiary/aromatic N) is 3. The first-order valence-corrected chi connectivity index (χ1v) is 10.8. The highest BCUT2D eigenvalue weighted by Gasteiger charge is 2.33. The molecular weight excluding hydrogens is 477 g/mol. The third-order valence-corrected chi connectivity index (χ3v) is 6.15. The summed E-state index contributed by atoms with van der Waals surface area (Å²) < 4.78 is 46.2. The van der Waals surface area contributed by atoms with E-state index in [1.54, 1.807) is 54.6 Å². The lowest BCUT2D eigenvalue weighted by Crippen LogP contribution is -2.19. The molecule has 170 valence electrons. The number of carbonyl (C=O) groups excluding carboxylic acids is 1. The van der Waals surface area contributed by atoms with E-state index < -0.39 is 22.9 Å². The van der Waals surface area contributed by atoms with Crippen molar-refractivity contribution in [2.24, 2.45) is 0 Å². The van der Waals surface area contributed by atoms with Crippen LogP contribution in [0.25, 0.3) is 5.65 Å². The monoisotopic (exact) mass is 492 g/mol. The Labute approximate surface area is 195 Å². The van der Waals surface area contributed by atoms with Gasteiger partial charge in [0.05, 0.1) is 17.7 Å². The molecule has 1 N–H and O–H groups in total. The van der Waals surface area contributed by atoms with Crippen LogP contribution in [0.2, 0.25) is 5.02 Å². The third kappa shape index (κ3) is 5.07. The number of ether oxygens (including phenoxy) is 1. The Morgan fingerprint density at radius 1 is 1.12 bits per heavy atom. The van der Waals surface area contributed by atoms with E-state index in [2.05, 4.69) is 15.5 Å². The van der Waals surface area contributed by atoms with Crippen LogP contribution in [0.5, 0.6) is 5.75 Å². The molecule has 11 heteroatoms. The molecule has 6 nitrogen and oxygen atoms in total. The van der Waals surface area contributed by atoms with Crippen molar-refractivity contribution in [3.63, 3.8) is 0 Å². The van der Waals surface area contributed by atoms with Gasteiger partial charge < -0.3 is 10.1 Å². The molecule has 1 amide bonds. The number of nitrogens with one attached hydrogen (secondary N) is 1. The number of aromatic nitrogens is 3. The molecule has 0 radical (unpaired) electrons. The van der Waals surface area contributed by atoms with Gasteiger partial charge in [0, 0.05) is 18.0 Å². The standard InChI is InChI=1S/C22H16ClF3N4O2S/c1-32-16-9-5-8-15(11-16)27-20(31)18(13-6-3-2-4-7-13)33-21-29-28-19-17(23)10-14(12-30(19)21)22(24,25)26/h2-12,18H,1H3,(H,27,31)/t18-/m0/s1. The van der Waals surface area contributed by atoms with Crippen molar-refractivity contribution in [2.45, 2.75) is 16.6 Å². The molecule has 2 heterocycles. The van der Waals surface area contributed by atoms with Crippen molar-refractivity contribution in [1.82, 2.24) is 14.6 Å². The molecular formula is C22H16ClF3N4O2S. The summed E-state index contributed by atoms with van der Waals surface area (Å²) >= 11 is 6.97. The van der Waals surface area contributed by atoms with Gasteiger partial charge in [-0.2, -0.15) is 13.2 Å². The van der Waals surface area contributed by atoms with Gasteiger partial charge in [-0.3, -0.25) is 9.20 Å². The lowest BCUT2D eigenvalue weighted by molar-refractivity contribution is -0.137. The smallest absolute Gasteiger partial charge is 0.417 e. The van der Waals surface area contributed by atoms with Crippen LogP contribution < -0.4 is 10.1 Å². The van der Waals surface area contributed by atoms with E-state index in [1.807, 2.05) is 0 Å². The first-order chi connectivity index (χ1) is 15.8. The van der Waals surface area contributed by atoms with Gasteiger partial charge in [0.25, 0.3) is 0 Å². The molecule has 0 aliphatic carbocycles. The normalized spacial score (nSPS) is 12.5. The maximum atomic E-state index is 13.3. The number of rotatable bonds is 6. The number of thioether (sulfide) groups is 1. The minimum atomic E-state index is -4.60. The lowest BCUT2D eigenvalue weighted by atomic mass is 10.1. The maximum absolute atomic E-state index is 13.3. The molecule has 2 aromatic heterocycles. The number of hydrogen-bond donors (Lipinski definition) is 1. The SMILES string of the molecule is COc1cccc(NC(=O)[C@@H](Sc2nnc3c(Cl)cc(C(F)(F)F)cn23)c2ccccc2)c1. The summed E-state index contributed by atoms with van der Waals surface area (Å²) in [6, 6.07) is 16.5. The van der Waals surface area contributed by atoms with Gasteiger partial charge in [-0.05, 0) is 23.8 Å². The van der Waals surface area contributed by atoms with Crippen LogP contribution in [0.3, 0.4) is 0 Å². The van der Waals surface area contributed by atoms with E-state index in [0.717, 1.165) is 28.4 Å². The highest BCUT2D eigenvalue weighted by atomic mass is 35.5. The molecule has 0 fully saturated rings. The van der Waals surface area contributed by atoms with Crippen molar-refractivity contribution >= 4 is 40.6 Å². The zero-order valence-electron chi connectivity index (χ0n) is 17.0. The van der Waals surface area contributed by atoms with E-state index in [1.165, 1.54) is 7.11 Å². The quantitative estimate of drug-likeness (QED) is 0.340. The maximum Gasteiger partial charge on any atom is 0.417 e. The van der Waals surface area contributed by atoms with Crippen LogP contribution in [0.4, 0.5) is 18.9 Å². The number of benzene rings is 2. The zero-order valence-corrected chi connectivity index (χ0v) is 18.6. The fourth-order valence-corrected chi connectivity index (χ4v) is 4.34. The van der Waals surface area contributed by atoms with Crippen LogP contribution in [-0.4, -0.2) is 27.6 Å². The van der Waals surface area contributed by atoms with Crippen molar-refractivity contribution in [3.8, 4) is 5.75 Å². The highest BCUT2D eigenvalue weighted by Crippen LogP contribution is 2.38. The van der Waals surface area contributed by atoms with Gasteiger partial charge in [0.15, 0.2) is 10.8 Å². The average Bonchev–Trinajstić information content (AvgIpc) is 3.21.